The summed E-state index contributed by atoms with van der Waals surface area (Å²) >= 11 is 0. The SMILES string of the molecule is CCNC(CCCS(C)(=O)=O)C(C)c1ccccc1. The Morgan fingerprint density at radius 3 is 2.37 bits per heavy atom. The summed E-state index contributed by atoms with van der Waals surface area (Å²) in [5.41, 5.74) is 1.30. The molecule has 1 aromatic carbocycles. The molecule has 0 aliphatic rings. The van der Waals surface area contributed by atoms with Gasteiger partial charge < -0.3 is 5.32 Å². The van der Waals surface area contributed by atoms with Crippen molar-refractivity contribution in [2.45, 2.75) is 38.6 Å². The van der Waals surface area contributed by atoms with E-state index in [9.17, 15) is 8.42 Å². The van der Waals surface area contributed by atoms with Crippen molar-refractivity contribution in [3.05, 3.63) is 35.9 Å². The van der Waals surface area contributed by atoms with E-state index in [0.717, 1.165) is 13.0 Å². The third-order valence-electron chi connectivity index (χ3n) is 3.43. The van der Waals surface area contributed by atoms with Gasteiger partial charge in [0.15, 0.2) is 0 Å². The van der Waals surface area contributed by atoms with Crippen LogP contribution >= 0.6 is 0 Å². The number of likely N-dealkylation sites (N-methyl/N-ethyl adjacent to an activating group) is 1. The lowest BCUT2D eigenvalue weighted by atomic mass is 9.90. The molecular formula is C15H25NO2S. The van der Waals surface area contributed by atoms with Crippen LogP contribution < -0.4 is 5.32 Å². The molecule has 0 saturated heterocycles. The molecule has 0 saturated carbocycles. The molecule has 0 spiro atoms. The van der Waals surface area contributed by atoms with Gasteiger partial charge in [-0.1, -0.05) is 44.2 Å². The number of sulfone groups is 1. The summed E-state index contributed by atoms with van der Waals surface area (Å²) in [5, 5.41) is 3.47. The molecule has 1 rings (SSSR count). The molecule has 1 N–H and O–H groups in total. The molecule has 0 amide bonds. The molecule has 0 aliphatic carbocycles. The topological polar surface area (TPSA) is 46.2 Å². The third kappa shape index (κ3) is 6.21. The zero-order valence-corrected chi connectivity index (χ0v) is 12.9. The number of rotatable bonds is 8. The van der Waals surface area contributed by atoms with Gasteiger partial charge >= 0.3 is 0 Å². The molecule has 4 heteroatoms. The van der Waals surface area contributed by atoms with Crippen LogP contribution in [0.4, 0.5) is 0 Å². The van der Waals surface area contributed by atoms with Crippen molar-refractivity contribution in [1.82, 2.24) is 5.32 Å². The molecule has 0 radical (unpaired) electrons. The Morgan fingerprint density at radius 1 is 1.21 bits per heavy atom. The first-order valence-corrected chi connectivity index (χ1v) is 8.96. The van der Waals surface area contributed by atoms with Crippen LogP contribution in [-0.4, -0.2) is 33.0 Å². The van der Waals surface area contributed by atoms with Crippen molar-refractivity contribution in [1.29, 1.82) is 0 Å². The lowest BCUT2D eigenvalue weighted by Gasteiger charge is -2.25. The summed E-state index contributed by atoms with van der Waals surface area (Å²) in [5.74, 6) is 0.664. The van der Waals surface area contributed by atoms with Crippen molar-refractivity contribution in [3.8, 4) is 0 Å². The van der Waals surface area contributed by atoms with E-state index >= 15 is 0 Å². The van der Waals surface area contributed by atoms with Crippen LogP contribution in [0.3, 0.4) is 0 Å². The molecule has 2 unspecified atom stereocenters. The fourth-order valence-corrected chi connectivity index (χ4v) is 3.04. The van der Waals surface area contributed by atoms with E-state index in [2.05, 4.69) is 31.3 Å². The molecule has 0 heterocycles. The van der Waals surface area contributed by atoms with Gasteiger partial charge in [-0.2, -0.15) is 0 Å². The number of hydrogen-bond acceptors (Lipinski definition) is 3. The average Bonchev–Trinajstić information content (AvgIpc) is 2.36. The van der Waals surface area contributed by atoms with Crippen molar-refractivity contribution in [2.75, 3.05) is 18.6 Å². The third-order valence-corrected chi connectivity index (χ3v) is 4.46. The Labute approximate surface area is 117 Å². The lowest BCUT2D eigenvalue weighted by Crippen LogP contribution is -2.34. The van der Waals surface area contributed by atoms with E-state index in [4.69, 9.17) is 0 Å². The predicted molar refractivity (Wildman–Crippen MR) is 81.3 cm³/mol. The minimum absolute atomic E-state index is 0.274. The van der Waals surface area contributed by atoms with Crippen LogP contribution in [-0.2, 0) is 9.84 Å². The first kappa shape index (κ1) is 16.2. The van der Waals surface area contributed by atoms with Crippen molar-refractivity contribution in [3.63, 3.8) is 0 Å². The second-order valence-corrected chi connectivity index (χ2v) is 7.40. The van der Waals surface area contributed by atoms with Crippen molar-refractivity contribution in [2.24, 2.45) is 0 Å². The largest absolute Gasteiger partial charge is 0.314 e. The van der Waals surface area contributed by atoms with Crippen molar-refractivity contribution < 1.29 is 8.42 Å². The highest BCUT2D eigenvalue weighted by Crippen LogP contribution is 2.22. The highest BCUT2D eigenvalue weighted by atomic mass is 32.2. The summed E-state index contributed by atoms with van der Waals surface area (Å²) in [6, 6.07) is 10.7. The quantitative estimate of drug-likeness (QED) is 0.797. The molecule has 108 valence electrons. The smallest absolute Gasteiger partial charge is 0.147 e. The minimum atomic E-state index is -2.85. The molecule has 2 atom stereocenters. The zero-order valence-electron chi connectivity index (χ0n) is 12.1. The van der Waals surface area contributed by atoms with E-state index in [-0.39, 0.29) is 5.75 Å². The Kier molecular flexibility index (Phi) is 6.52. The second-order valence-electron chi connectivity index (χ2n) is 5.14. The molecule has 0 fully saturated rings. The normalized spacial score (nSPS) is 15.1. The van der Waals surface area contributed by atoms with E-state index < -0.39 is 9.84 Å². The van der Waals surface area contributed by atoms with Gasteiger partial charge in [0.25, 0.3) is 0 Å². The standard InChI is InChI=1S/C15H25NO2S/c1-4-16-15(11-8-12-19(3,17)18)13(2)14-9-6-5-7-10-14/h5-7,9-10,13,15-16H,4,8,11-12H2,1-3H3. The van der Waals surface area contributed by atoms with Crippen molar-refractivity contribution >= 4 is 9.84 Å². The maximum absolute atomic E-state index is 11.2. The highest BCUT2D eigenvalue weighted by molar-refractivity contribution is 7.90. The molecule has 1 aromatic rings. The van der Waals surface area contributed by atoms with Gasteiger partial charge in [-0.3, -0.25) is 0 Å². The van der Waals surface area contributed by atoms with Gasteiger partial charge in [0.2, 0.25) is 0 Å². The molecule has 0 aromatic heterocycles. The Hall–Kier alpha value is -0.870. The van der Waals surface area contributed by atoms with Gasteiger partial charge in [-0.05, 0) is 30.9 Å². The van der Waals surface area contributed by atoms with Crippen LogP contribution in [0.1, 0.15) is 38.2 Å². The van der Waals surface area contributed by atoms with Crippen LogP contribution in [0.2, 0.25) is 0 Å². The van der Waals surface area contributed by atoms with Crippen LogP contribution in [0, 0.1) is 0 Å². The minimum Gasteiger partial charge on any atom is -0.314 e. The number of nitrogens with one attached hydrogen (secondary N) is 1. The zero-order chi connectivity index (χ0) is 14.3. The predicted octanol–water partition coefficient (Wildman–Crippen LogP) is 2.59. The molecule has 0 aliphatic heterocycles. The molecule has 3 nitrogen and oxygen atoms in total. The van der Waals surface area contributed by atoms with Crippen LogP contribution in [0.25, 0.3) is 0 Å². The fraction of sp³-hybridized carbons (Fsp3) is 0.600. The maximum Gasteiger partial charge on any atom is 0.147 e. The number of hydrogen-bond donors (Lipinski definition) is 1. The molecular weight excluding hydrogens is 258 g/mol. The van der Waals surface area contributed by atoms with E-state index in [1.54, 1.807) is 0 Å². The van der Waals surface area contributed by atoms with Gasteiger partial charge in [0, 0.05) is 18.1 Å². The summed E-state index contributed by atoms with van der Waals surface area (Å²) in [4.78, 5) is 0. The second kappa shape index (κ2) is 7.65. The summed E-state index contributed by atoms with van der Waals surface area (Å²) < 4.78 is 22.4. The Bertz CT molecular complexity index is 456. The fourth-order valence-electron chi connectivity index (χ4n) is 2.35. The average molecular weight is 283 g/mol. The van der Waals surface area contributed by atoms with E-state index in [0.29, 0.717) is 18.4 Å². The first-order valence-electron chi connectivity index (χ1n) is 6.90. The highest BCUT2D eigenvalue weighted by Gasteiger charge is 2.18. The Balaban J connectivity index is 2.61. The van der Waals surface area contributed by atoms with Gasteiger partial charge in [-0.15, -0.1) is 0 Å². The lowest BCUT2D eigenvalue weighted by molar-refractivity contribution is 0.429. The Morgan fingerprint density at radius 2 is 1.84 bits per heavy atom. The summed E-state index contributed by atoms with van der Waals surface area (Å²) in [7, 11) is -2.85. The van der Waals surface area contributed by atoms with Gasteiger partial charge in [0.05, 0.1) is 0 Å². The number of benzene rings is 1. The molecule has 0 bridgehead atoms. The first-order chi connectivity index (χ1) is 8.94. The van der Waals surface area contributed by atoms with Gasteiger partial charge in [-0.25, -0.2) is 8.42 Å². The van der Waals surface area contributed by atoms with Crippen LogP contribution in [0.15, 0.2) is 30.3 Å². The molecule has 19 heavy (non-hydrogen) atoms. The summed E-state index contributed by atoms with van der Waals surface area (Å²) in [6.45, 7) is 5.19. The van der Waals surface area contributed by atoms with E-state index in [1.165, 1.54) is 11.8 Å². The maximum atomic E-state index is 11.2. The van der Waals surface area contributed by atoms with E-state index in [1.807, 2.05) is 18.2 Å². The van der Waals surface area contributed by atoms with Crippen LogP contribution in [0.5, 0.6) is 0 Å². The van der Waals surface area contributed by atoms with Gasteiger partial charge in [0.1, 0.15) is 9.84 Å². The summed E-state index contributed by atoms with van der Waals surface area (Å²) in [6.07, 6.45) is 2.90. The monoisotopic (exact) mass is 283 g/mol.